The quantitative estimate of drug-likeness (QED) is 0.356. The maximum absolute atomic E-state index is 13.1. The molecule has 0 radical (unpaired) electrons. The van der Waals surface area contributed by atoms with Crippen molar-refractivity contribution in [2.75, 3.05) is 0 Å². The van der Waals surface area contributed by atoms with E-state index in [-0.39, 0.29) is 25.0 Å². The minimum absolute atomic E-state index is 0.121. The Morgan fingerprint density at radius 1 is 1.15 bits per heavy atom. The molecule has 6 N–H and O–H groups in total. The number of carbonyl (C=O) groups excluding carboxylic acids is 1. The van der Waals surface area contributed by atoms with Gasteiger partial charge in [-0.15, -0.1) is 0 Å². The van der Waals surface area contributed by atoms with Crippen LogP contribution in [0.15, 0.2) is 18.3 Å². The molecular formula is C24H33NO8. The maximum Gasteiger partial charge on any atom is 0.355 e. The molecule has 6 fully saturated rings. The third-order valence-corrected chi connectivity index (χ3v) is 10.8. The molecule has 2 aliphatic heterocycles. The van der Waals surface area contributed by atoms with Crippen molar-refractivity contribution < 1.29 is 39.8 Å². The number of H-pyrrole nitrogens is 1. The first-order valence-electron chi connectivity index (χ1n) is 11.8. The first kappa shape index (κ1) is 22.0. The summed E-state index contributed by atoms with van der Waals surface area (Å²) < 4.78 is 12.1. The van der Waals surface area contributed by atoms with Crippen LogP contribution in [0.5, 0.6) is 0 Å². The van der Waals surface area contributed by atoms with E-state index in [1.54, 1.807) is 33.0 Å². The summed E-state index contributed by atoms with van der Waals surface area (Å²) in [6.45, 7) is 6.49. The van der Waals surface area contributed by atoms with Gasteiger partial charge in [0.05, 0.1) is 5.41 Å². The molecule has 6 bridgehead atoms. The zero-order valence-corrected chi connectivity index (χ0v) is 19.4. The molecule has 2 saturated heterocycles. The number of rotatable bonds is 3. The van der Waals surface area contributed by atoms with Crippen LogP contribution in [0.3, 0.4) is 0 Å². The molecule has 1 spiro atoms. The number of ether oxygens (including phenoxy) is 2. The number of esters is 1. The van der Waals surface area contributed by atoms with Crippen molar-refractivity contribution in [1.29, 1.82) is 0 Å². The fourth-order valence-corrected chi connectivity index (χ4v) is 9.37. The summed E-state index contributed by atoms with van der Waals surface area (Å²) >= 11 is 0. The number of aromatic nitrogens is 1. The smallest absolute Gasteiger partial charge is 0.355 e. The van der Waals surface area contributed by atoms with Crippen LogP contribution in [-0.2, 0) is 9.47 Å². The Balaban J connectivity index is 1.67. The minimum Gasteiger partial charge on any atom is -0.451 e. The molecule has 0 amide bonds. The van der Waals surface area contributed by atoms with Gasteiger partial charge in [0, 0.05) is 18.0 Å². The van der Waals surface area contributed by atoms with Gasteiger partial charge in [-0.1, -0.05) is 33.6 Å². The third kappa shape index (κ3) is 1.60. The number of carbonyl (C=O) groups is 1. The molecule has 0 aromatic carbocycles. The Hall–Kier alpha value is -1.49. The van der Waals surface area contributed by atoms with Gasteiger partial charge in [-0.05, 0) is 37.8 Å². The summed E-state index contributed by atoms with van der Waals surface area (Å²) in [6.07, 6.45) is 1.40. The van der Waals surface area contributed by atoms with Crippen molar-refractivity contribution in [3.05, 3.63) is 24.0 Å². The van der Waals surface area contributed by atoms with Crippen LogP contribution < -0.4 is 0 Å². The summed E-state index contributed by atoms with van der Waals surface area (Å²) in [5, 5.41) is 61.9. The normalized spacial score (nSPS) is 58.2. The largest absolute Gasteiger partial charge is 0.451 e. The monoisotopic (exact) mass is 463 g/mol. The maximum atomic E-state index is 13.1. The molecule has 0 unspecified atom stereocenters. The molecule has 4 saturated carbocycles. The highest BCUT2D eigenvalue weighted by molar-refractivity contribution is 5.87. The summed E-state index contributed by atoms with van der Waals surface area (Å²) in [4.78, 5) is 15.9. The number of hydrogen-bond acceptors (Lipinski definition) is 8. The zero-order valence-electron chi connectivity index (χ0n) is 19.4. The van der Waals surface area contributed by atoms with Crippen LogP contribution in [0.25, 0.3) is 0 Å². The molecular weight excluding hydrogens is 430 g/mol. The second-order valence-electron chi connectivity index (χ2n) is 11.7. The molecule has 9 heteroatoms. The Bertz CT molecular complexity index is 1060. The number of aromatic amines is 1. The molecule has 3 heterocycles. The van der Waals surface area contributed by atoms with E-state index in [2.05, 4.69) is 4.98 Å². The van der Waals surface area contributed by atoms with Crippen LogP contribution in [-0.4, -0.2) is 76.4 Å². The molecule has 7 rings (SSSR count). The van der Waals surface area contributed by atoms with E-state index in [9.17, 15) is 30.3 Å². The first-order valence-corrected chi connectivity index (χ1v) is 11.8. The van der Waals surface area contributed by atoms with E-state index in [1.807, 2.05) is 0 Å². The van der Waals surface area contributed by atoms with Crippen LogP contribution in [0.1, 0.15) is 70.3 Å². The van der Waals surface area contributed by atoms with Gasteiger partial charge in [-0.25, -0.2) is 4.79 Å². The first-order chi connectivity index (χ1) is 15.2. The predicted octanol–water partition coefficient (Wildman–Crippen LogP) is 0.596. The Morgan fingerprint density at radius 2 is 1.82 bits per heavy atom. The number of hydrogen-bond donors (Lipinski definition) is 6. The van der Waals surface area contributed by atoms with Crippen molar-refractivity contribution in [3.63, 3.8) is 0 Å². The Morgan fingerprint density at radius 3 is 2.42 bits per heavy atom. The average molecular weight is 464 g/mol. The van der Waals surface area contributed by atoms with E-state index >= 15 is 0 Å². The lowest BCUT2D eigenvalue weighted by atomic mass is 9.52. The molecule has 182 valence electrons. The molecule has 9 nitrogen and oxygen atoms in total. The average Bonchev–Trinajstić information content (AvgIpc) is 3.36. The SMILES string of the molecule is CC(C)[C@@]1(O)[C@@H](OC(=O)c2ccc[nH]2)[C@@]2(O)[C@@]3(C)C[C@]4(O)O[C@@]5(CCCC[C@]35O)[C@@]2(O)[C@@]14C. The van der Waals surface area contributed by atoms with Gasteiger partial charge in [0.25, 0.3) is 0 Å². The molecule has 6 aliphatic rings. The van der Waals surface area contributed by atoms with E-state index in [4.69, 9.17) is 9.47 Å². The highest BCUT2D eigenvalue weighted by Gasteiger charge is 3.08. The van der Waals surface area contributed by atoms with Crippen LogP contribution in [0, 0.1) is 16.7 Å². The predicted molar refractivity (Wildman–Crippen MR) is 113 cm³/mol. The number of aliphatic hydroxyl groups is 5. The lowest BCUT2D eigenvalue weighted by molar-refractivity contribution is -0.376. The van der Waals surface area contributed by atoms with Crippen LogP contribution >= 0.6 is 0 Å². The zero-order chi connectivity index (χ0) is 24.1. The second kappa shape index (κ2) is 5.50. The number of nitrogens with one attached hydrogen (secondary N) is 1. The van der Waals surface area contributed by atoms with Crippen molar-refractivity contribution in [2.45, 2.75) is 99.7 Å². The van der Waals surface area contributed by atoms with Gasteiger partial charge >= 0.3 is 5.97 Å². The highest BCUT2D eigenvalue weighted by atomic mass is 16.7. The second-order valence-corrected chi connectivity index (χ2v) is 11.7. The topological polar surface area (TPSA) is 152 Å². The van der Waals surface area contributed by atoms with Gasteiger partial charge < -0.3 is 40.0 Å². The van der Waals surface area contributed by atoms with Crippen molar-refractivity contribution in [2.24, 2.45) is 16.7 Å². The molecule has 33 heavy (non-hydrogen) atoms. The Kier molecular flexibility index (Phi) is 3.67. The standard InChI is InChI=1S/C24H33NO8/c1-13(2)22(29)16(32-15(26)14-8-7-11-25-14)23(30)17(3)12-21(28)18(22,4)24(23,31)20(33-21)10-6-5-9-19(17,20)27/h7-8,11,13,16,25,27-31H,5-6,9-10,12H2,1-4H3/t16-,17+,18-,19+,20-,21+,22-,23-,24+/m1/s1. The van der Waals surface area contributed by atoms with Crippen LogP contribution in [0.4, 0.5) is 0 Å². The fourth-order valence-electron chi connectivity index (χ4n) is 9.37. The fraction of sp³-hybridized carbons (Fsp3) is 0.792. The lowest BCUT2D eigenvalue weighted by Gasteiger charge is -2.59. The molecule has 9 atom stereocenters. The van der Waals surface area contributed by atoms with Crippen molar-refractivity contribution >= 4 is 5.97 Å². The van der Waals surface area contributed by atoms with E-state index in [0.717, 1.165) is 0 Å². The Labute approximate surface area is 191 Å². The summed E-state index contributed by atoms with van der Waals surface area (Å²) in [7, 11) is 0. The van der Waals surface area contributed by atoms with Gasteiger partial charge in [0.15, 0.2) is 11.9 Å². The van der Waals surface area contributed by atoms with E-state index < -0.39 is 62.6 Å². The van der Waals surface area contributed by atoms with Crippen molar-refractivity contribution in [3.8, 4) is 0 Å². The summed E-state index contributed by atoms with van der Waals surface area (Å²) in [6, 6.07) is 3.13. The van der Waals surface area contributed by atoms with E-state index in [1.165, 1.54) is 13.0 Å². The lowest BCUT2D eigenvalue weighted by Crippen LogP contribution is -2.73. The molecule has 4 aliphatic carbocycles. The van der Waals surface area contributed by atoms with Gasteiger partial charge in [-0.2, -0.15) is 0 Å². The summed E-state index contributed by atoms with van der Waals surface area (Å²) in [5.41, 5.74) is -13.3. The summed E-state index contributed by atoms with van der Waals surface area (Å²) in [5.74, 6) is -3.53. The van der Waals surface area contributed by atoms with Gasteiger partial charge in [-0.3, -0.25) is 0 Å². The highest BCUT2D eigenvalue weighted by Crippen LogP contribution is 2.90. The minimum atomic E-state index is -2.29. The molecule has 1 aromatic rings. The van der Waals surface area contributed by atoms with Crippen molar-refractivity contribution in [1.82, 2.24) is 4.98 Å². The van der Waals surface area contributed by atoms with Crippen LogP contribution in [0.2, 0.25) is 0 Å². The third-order valence-electron chi connectivity index (χ3n) is 10.8. The molecule has 1 aromatic heterocycles. The van der Waals surface area contributed by atoms with Gasteiger partial charge in [0.2, 0.25) is 0 Å². The van der Waals surface area contributed by atoms with E-state index in [0.29, 0.717) is 12.8 Å². The van der Waals surface area contributed by atoms with Gasteiger partial charge in [0.1, 0.15) is 33.7 Å².